The zero-order valence-electron chi connectivity index (χ0n) is 12.0. The number of para-hydroxylation sites is 1. The van der Waals surface area contributed by atoms with Crippen molar-refractivity contribution in [3.05, 3.63) is 18.2 Å². The molecule has 19 heavy (non-hydrogen) atoms. The van der Waals surface area contributed by atoms with Gasteiger partial charge in [-0.1, -0.05) is 6.07 Å². The smallest absolute Gasteiger partial charge is 0.236 e. The maximum Gasteiger partial charge on any atom is 0.236 e. The van der Waals surface area contributed by atoms with Gasteiger partial charge in [0.1, 0.15) is 5.75 Å². The first kappa shape index (κ1) is 15.1. The van der Waals surface area contributed by atoms with Crippen LogP contribution in [0.5, 0.6) is 5.75 Å². The number of nitrogens with zero attached hydrogens (tertiary/aromatic N) is 1. The number of hydrogen-bond acceptors (Lipinski definition) is 4. The summed E-state index contributed by atoms with van der Waals surface area (Å²) in [6.45, 7) is 7.98. The van der Waals surface area contributed by atoms with Gasteiger partial charge in [-0.25, -0.2) is 0 Å². The minimum Gasteiger partial charge on any atom is -0.489 e. The van der Waals surface area contributed by atoms with Crippen molar-refractivity contribution in [2.24, 2.45) is 5.73 Å². The van der Waals surface area contributed by atoms with Crippen molar-refractivity contribution >= 4 is 17.3 Å². The fourth-order valence-electron chi connectivity index (χ4n) is 1.85. The summed E-state index contributed by atoms with van der Waals surface area (Å²) in [5.41, 5.74) is 12.7. The van der Waals surface area contributed by atoms with E-state index in [0.717, 1.165) is 5.69 Å². The van der Waals surface area contributed by atoms with Crippen LogP contribution in [0.2, 0.25) is 0 Å². The van der Waals surface area contributed by atoms with E-state index in [1.807, 2.05) is 50.8 Å². The van der Waals surface area contributed by atoms with Gasteiger partial charge in [-0.05, 0) is 39.8 Å². The summed E-state index contributed by atoms with van der Waals surface area (Å²) >= 11 is 0. The Morgan fingerprint density at radius 2 is 1.95 bits per heavy atom. The van der Waals surface area contributed by atoms with Crippen LogP contribution in [-0.4, -0.2) is 24.6 Å². The highest BCUT2D eigenvalue weighted by Gasteiger charge is 2.18. The summed E-state index contributed by atoms with van der Waals surface area (Å²) in [6, 6.07) is 5.66. The van der Waals surface area contributed by atoms with E-state index in [1.165, 1.54) is 0 Å². The van der Waals surface area contributed by atoms with E-state index in [9.17, 15) is 4.79 Å². The van der Waals surface area contributed by atoms with Gasteiger partial charge in [-0.3, -0.25) is 4.79 Å². The molecule has 1 amide bonds. The zero-order chi connectivity index (χ0) is 14.6. The van der Waals surface area contributed by atoms with Crippen LogP contribution in [-0.2, 0) is 4.79 Å². The number of nitrogen functional groups attached to an aromatic ring is 1. The average Bonchev–Trinajstić information content (AvgIpc) is 2.28. The van der Waals surface area contributed by atoms with E-state index >= 15 is 0 Å². The number of anilines is 2. The Bertz CT molecular complexity index is 444. The summed E-state index contributed by atoms with van der Waals surface area (Å²) in [4.78, 5) is 13.0. The second kappa shape index (κ2) is 6.31. The Balaban J connectivity index is 3.13. The molecule has 0 saturated carbocycles. The summed E-state index contributed by atoms with van der Waals surface area (Å²) in [6.07, 6.45) is 0.0428. The number of ether oxygens (including phenoxy) is 1. The fourth-order valence-corrected chi connectivity index (χ4v) is 1.85. The zero-order valence-corrected chi connectivity index (χ0v) is 12.0. The van der Waals surface area contributed by atoms with Gasteiger partial charge in [-0.2, -0.15) is 0 Å². The highest BCUT2D eigenvalue weighted by molar-refractivity contribution is 5.83. The van der Waals surface area contributed by atoms with Gasteiger partial charge < -0.3 is 21.1 Å². The second-order valence-corrected chi connectivity index (χ2v) is 5.04. The number of benzene rings is 1. The lowest BCUT2D eigenvalue weighted by Crippen LogP contribution is -2.39. The number of primary amides is 1. The lowest BCUT2D eigenvalue weighted by Gasteiger charge is -2.29. The topological polar surface area (TPSA) is 81.6 Å². The predicted molar refractivity (Wildman–Crippen MR) is 78.3 cm³/mol. The van der Waals surface area contributed by atoms with Crippen LogP contribution in [0.15, 0.2) is 18.2 Å². The minimum absolute atomic E-state index is 0.0428. The maximum atomic E-state index is 11.2. The number of carbonyl (C=O) groups is 1. The molecule has 1 rings (SSSR count). The first-order chi connectivity index (χ1) is 8.82. The van der Waals surface area contributed by atoms with E-state index in [4.69, 9.17) is 16.2 Å². The standard InChI is InChI=1S/C14H23N3O2/c1-9(2)17(8-13(15)18)11-6-5-7-12(14(11)16)19-10(3)4/h5-7,9-10H,8,16H2,1-4H3,(H2,15,18). The van der Waals surface area contributed by atoms with Crippen LogP contribution < -0.4 is 21.1 Å². The number of hydrogen-bond donors (Lipinski definition) is 2. The molecule has 4 N–H and O–H groups in total. The quantitative estimate of drug-likeness (QED) is 0.768. The molecular formula is C14H23N3O2. The Morgan fingerprint density at radius 1 is 1.32 bits per heavy atom. The van der Waals surface area contributed by atoms with Gasteiger partial charge in [-0.15, -0.1) is 0 Å². The number of rotatable bonds is 6. The van der Waals surface area contributed by atoms with E-state index in [1.54, 1.807) is 0 Å². The molecule has 0 atom stereocenters. The van der Waals surface area contributed by atoms with Crippen LogP contribution in [0.25, 0.3) is 0 Å². The fraction of sp³-hybridized carbons (Fsp3) is 0.500. The van der Waals surface area contributed by atoms with Gasteiger partial charge in [0.15, 0.2) is 0 Å². The van der Waals surface area contributed by atoms with Gasteiger partial charge >= 0.3 is 0 Å². The molecule has 0 bridgehead atoms. The van der Waals surface area contributed by atoms with Gasteiger partial charge in [0.2, 0.25) is 5.91 Å². The molecule has 0 fully saturated rings. The van der Waals surface area contributed by atoms with Crippen molar-refractivity contribution in [2.75, 3.05) is 17.2 Å². The summed E-state index contributed by atoms with van der Waals surface area (Å²) < 4.78 is 5.65. The average molecular weight is 265 g/mol. The lowest BCUT2D eigenvalue weighted by atomic mass is 10.2. The third-order valence-electron chi connectivity index (χ3n) is 2.66. The van der Waals surface area contributed by atoms with Crippen molar-refractivity contribution in [1.29, 1.82) is 0 Å². The van der Waals surface area contributed by atoms with Crippen LogP contribution >= 0.6 is 0 Å². The monoisotopic (exact) mass is 265 g/mol. The van der Waals surface area contributed by atoms with E-state index in [0.29, 0.717) is 11.4 Å². The molecule has 5 nitrogen and oxygen atoms in total. The molecular weight excluding hydrogens is 242 g/mol. The van der Waals surface area contributed by atoms with E-state index < -0.39 is 0 Å². The first-order valence-electron chi connectivity index (χ1n) is 6.43. The molecule has 1 aromatic carbocycles. The van der Waals surface area contributed by atoms with Gasteiger partial charge in [0.05, 0.1) is 24.0 Å². The Kier molecular flexibility index (Phi) is 5.03. The largest absolute Gasteiger partial charge is 0.489 e. The summed E-state index contributed by atoms with van der Waals surface area (Å²) in [5.74, 6) is 0.242. The van der Waals surface area contributed by atoms with Crippen molar-refractivity contribution in [3.8, 4) is 5.75 Å². The molecule has 106 valence electrons. The third-order valence-corrected chi connectivity index (χ3v) is 2.66. The predicted octanol–water partition coefficient (Wildman–Crippen LogP) is 1.76. The minimum atomic E-state index is -0.386. The second-order valence-electron chi connectivity index (χ2n) is 5.04. The molecule has 0 unspecified atom stereocenters. The molecule has 1 aromatic rings. The lowest BCUT2D eigenvalue weighted by molar-refractivity contribution is -0.116. The molecule has 0 aromatic heterocycles. The van der Waals surface area contributed by atoms with Crippen LogP contribution in [0, 0.1) is 0 Å². The summed E-state index contributed by atoms with van der Waals surface area (Å²) in [5, 5.41) is 0. The molecule has 0 heterocycles. The van der Waals surface area contributed by atoms with Gasteiger partial charge in [0.25, 0.3) is 0 Å². The van der Waals surface area contributed by atoms with Gasteiger partial charge in [0, 0.05) is 6.04 Å². The third kappa shape index (κ3) is 4.05. The Morgan fingerprint density at radius 3 is 2.42 bits per heavy atom. The normalized spacial score (nSPS) is 10.8. The number of amides is 1. The highest BCUT2D eigenvalue weighted by atomic mass is 16.5. The maximum absolute atomic E-state index is 11.2. The van der Waals surface area contributed by atoms with E-state index in [2.05, 4.69) is 0 Å². The molecule has 0 radical (unpaired) electrons. The van der Waals surface area contributed by atoms with Crippen molar-refractivity contribution < 1.29 is 9.53 Å². The van der Waals surface area contributed by atoms with Crippen LogP contribution in [0.1, 0.15) is 27.7 Å². The highest BCUT2D eigenvalue weighted by Crippen LogP contribution is 2.33. The number of nitrogens with two attached hydrogens (primary N) is 2. The van der Waals surface area contributed by atoms with Crippen LogP contribution in [0.4, 0.5) is 11.4 Å². The molecule has 0 spiro atoms. The molecule has 0 aliphatic carbocycles. The van der Waals surface area contributed by atoms with E-state index in [-0.39, 0.29) is 24.6 Å². The van der Waals surface area contributed by atoms with Crippen molar-refractivity contribution in [3.63, 3.8) is 0 Å². The first-order valence-corrected chi connectivity index (χ1v) is 6.43. The Hall–Kier alpha value is -1.91. The molecule has 0 saturated heterocycles. The molecule has 0 aliphatic rings. The Labute approximate surface area is 114 Å². The SMILES string of the molecule is CC(C)Oc1cccc(N(CC(N)=O)C(C)C)c1N. The van der Waals surface area contributed by atoms with Crippen LogP contribution in [0.3, 0.4) is 0 Å². The van der Waals surface area contributed by atoms with Crippen molar-refractivity contribution in [2.45, 2.75) is 39.8 Å². The summed E-state index contributed by atoms with van der Waals surface area (Å²) in [7, 11) is 0. The molecule has 0 aliphatic heterocycles. The molecule has 5 heteroatoms. The van der Waals surface area contributed by atoms with Crippen molar-refractivity contribution in [1.82, 2.24) is 0 Å². The number of carbonyl (C=O) groups excluding carboxylic acids is 1.